The minimum atomic E-state index is -0.333. The SMILES string of the molecule is NC1=NCCC1c1cccc2c1C(=O)NC2=O. The Morgan fingerprint density at radius 1 is 1.29 bits per heavy atom. The molecule has 1 unspecified atom stereocenters. The smallest absolute Gasteiger partial charge is 0.259 e. The van der Waals surface area contributed by atoms with E-state index in [1.807, 2.05) is 6.07 Å². The van der Waals surface area contributed by atoms with E-state index in [9.17, 15) is 9.59 Å². The molecule has 0 aliphatic carbocycles. The Morgan fingerprint density at radius 3 is 2.82 bits per heavy atom. The molecule has 0 aromatic heterocycles. The molecule has 0 radical (unpaired) electrons. The van der Waals surface area contributed by atoms with Gasteiger partial charge in [0, 0.05) is 12.5 Å². The highest BCUT2D eigenvalue weighted by molar-refractivity contribution is 6.22. The second-order valence-corrected chi connectivity index (χ2v) is 4.20. The van der Waals surface area contributed by atoms with Gasteiger partial charge in [0.15, 0.2) is 0 Å². The Kier molecular flexibility index (Phi) is 2.01. The summed E-state index contributed by atoms with van der Waals surface area (Å²) in [6, 6.07) is 5.27. The minimum Gasteiger partial charge on any atom is -0.387 e. The van der Waals surface area contributed by atoms with Crippen LogP contribution in [-0.4, -0.2) is 24.2 Å². The number of amides is 2. The van der Waals surface area contributed by atoms with E-state index in [2.05, 4.69) is 10.3 Å². The van der Waals surface area contributed by atoms with E-state index >= 15 is 0 Å². The van der Waals surface area contributed by atoms with E-state index in [-0.39, 0.29) is 17.7 Å². The number of nitrogens with zero attached hydrogens (tertiary/aromatic N) is 1. The maximum Gasteiger partial charge on any atom is 0.259 e. The van der Waals surface area contributed by atoms with Crippen LogP contribution in [0.25, 0.3) is 0 Å². The molecule has 3 N–H and O–H groups in total. The second-order valence-electron chi connectivity index (χ2n) is 4.20. The predicted molar refractivity (Wildman–Crippen MR) is 62.1 cm³/mol. The second kappa shape index (κ2) is 3.41. The molecule has 0 bridgehead atoms. The molecule has 1 aromatic rings. The number of amidine groups is 1. The number of carbonyl (C=O) groups is 2. The zero-order chi connectivity index (χ0) is 12.0. The number of imide groups is 1. The van der Waals surface area contributed by atoms with Crippen LogP contribution >= 0.6 is 0 Å². The molecule has 3 rings (SSSR count). The van der Waals surface area contributed by atoms with Gasteiger partial charge in [-0.3, -0.25) is 19.9 Å². The number of nitrogens with two attached hydrogens (primary N) is 1. The van der Waals surface area contributed by atoms with Crippen molar-refractivity contribution in [3.63, 3.8) is 0 Å². The maximum absolute atomic E-state index is 11.7. The first-order valence-corrected chi connectivity index (χ1v) is 5.47. The van der Waals surface area contributed by atoms with Crippen molar-refractivity contribution in [1.29, 1.82) is 0 Å². The van der Waals surface area contributed by atoms with Crippen LogP contribution in [0.2, 0.25) is 0 Å². The summed E-state index contributed by atoms with van der Waals surface area (Å²) in [6.07, 6.45) is 0.795. The Morgan fingerprint density at radius 2 is 2.12 bits per heavy atom. The summed E-state index contributed by atoms with van der Waals surface area (Å²) in [5, 5.41) is 2.30. The number of rotatable bonds is 1. The van der Waals surface area contributed by atoms with E-state index in [1.165, 1.54) is 0 Å². The van der Waals surface area contributed by atoms with Gasteiger partial charge in [0.25, 0.3) is 11.8 Å². The van der Waals surface area contributed by atoms with Crippen LogP contribution < -0.4 is 11.1 Å². The molecule has 0 fully saturated rings. The normalized spacial score (nSPS) is 22.4. The lowest BCUT2D eigenvalue weighted by Gasteiger charge is -2.12. The first kappa shape index (κ1) is 10.0. The van der Waals surface area contributed by atoms with Crippen LogP contribution in [0, 0.1) is 0 Å². The van der Waals surface area contributed by atoms with E-state index in [1.54, 1.807) is 12.1 Å². The number of carbonyl (C=O) groups excluding carboxylic acids is 2. The van der Waals surface area contributed by atoms with Crippen LogP contribution in [0.1, 0.15) is 38.6 Å². The quantitative estimate of drug-likeness (QED) is 0.684. The van der Waals surface area contributed by atoms with Crippen LogP contribution in [-0.2, 0) is 0 Å². The fourth-order valence-electron chi connectivity index (χ4n) is 2.43. The van der Waals surface area contributed by atoms with Crippen molar-refractivity contribution in [1.82, 2.24) is 5.32 Å². The number of benzene rings is 1. The van der Waals surface area contributed by atoms with Crippen molar-refractivity contribution < 1.29 is 9.59 Å². The zero-order valence-corrected chi connectivity index (χ0v) is 9.06. The topological polar surface area (TPSA) is 84.5 Å². The largest absolute Gasteiger partial charge is 0.387 e. The van der Waals surface area contributed by atoms with Crippen molar-refractivity contribution in [3.05, 3.63) is 34.9 Å². The van der Waals surface area contributed by atoms with E-state index < -0.39 is 0 Å². The van der Waals surface area contributed by atoms with Crippen LogP contribution in [0.4, 0.5) is 0 Å². The first-order chi connectivity index (χ1) is 8.18. The molecule has 2 aliphatic heterocycles. The van der Waals surface area contributed by atoms with Crippen molar-refractivity contribution in [2.24, 2.45) is 10.7 Å². The molecular weight excluding hydrogens is 218 g/mol. The summed E-state index contributed by atoms with van der Waals surface area (Å²) < 4.78 is 0. The average molecular weight is 229 g/mol. The van der Waals surface area contributed by atoms with Crippen molar-refractivity contribution in [3.8, 4) is 0 Å². The molecule has 5 heteroatoms. The Hall–Kier alpha value is -2.17. The molecule has 1 aromatic carbocycles. The highest BCUT2D eigenvalue weighted by atomic mass is 16.2. The lowest BCUT2D eigenvalue weighted by molar-refractivity contribution is 0.0879. The molecule has 0 spiro atoms. The summed E-state index contributed by atoms with van der Waals surface area (Å²) in [4.78, 5) is 27.4. The van der Waals surface area contributed by atoms with Gasteiger partial charge in [-0.15, -0.1) is 0 Å². The number of hydrogen-bond donors (Lipinski definition) is 2. The van der Waals surface area contributed by atoms with Crippen LogP contribution in [0.5, 0.6) is 0 Å². The van der Waals surface area contributed by atoms with Crippen molar-refractivity contribution in [2.45, 2.75) is 12.3 Å². The lowest BCUT2D eigenvalue weighted by atomic mass is 9.90. The fourth-order valence-corrected chi connectivity index (χ4v) is 2.43. The molecule has 2 heterocycles. The average Bonchev–Trinajstić information content (AvgIpc) is 2.85. The van der Waals surface area contributed by atoms with Crippen molar-refractivity contribution in [2.75, 3.05) is 6.54 Å². The van der Waals surface area contributed by atoms with Gasteiger partial charge in [0.1, 0.15) is 5.84 Å². The van der Waals surface area contributed by atoms with Crippen molar-refractivity contribution >= 4 is 17.6 Å². The van der Waals surface area contributed by atoms with Gasteiger partial charge in [0.2, 0.25) is 0 Å². The third kappa shape index (κ3) is 1.35. The summed E-state index contributed by atoms with van der Waals surface area (Å²) >= 11 is 0. The number of fused-ring (bicyclic) bond motifs is 1. The third-order valence-electron chi connectivity index (χ3n) is 3.24. The molecule has 0 saturated carbocycles. The lowest BCUT2D eigenvalue weighted by Crippen LogP contribution is -2.22. The van der Waals surface area contributed by atoms with Gasteiger partial charge in [-0.25, -0.2) is 0 Å². The fraction of sp³-hybridized carbons (Fsp3) is 0.250. The summed E-state index contributed by atoms with van der Waals surface area (Å²) in [6.45, 7) is 0.676. The molecule has 17 heavy (non-hydrogen) atoms. The Bertz CT molecular complexity index is 563. The first-order valence-electron chi connectivity index (χ1n) is 5.47. The molecule has 5 nitrogen and oxygen atoms in total. The van der Waals surface area contributed by atoms with Gasteiger partial charge >= 0.3 is 0 Å². The number of nitrogens with one attached hydrogen (secondary N) is 1. The summed E-state index contributed by atoms with van der Waals surface area (Å²) in [5.74, 6) is -0.159. The van der Waals surface area contributed by atoms with Crippen LogP contribution in [0.15, 0.2) is 23.2 Å². The standard InChI is InChI=1S/C12H11N3O2/c13-10-7(4-5-14-10)6-2-1-3-8-9(6)12(17)15-11(8)16/h1-3,7H,4-5H2,(H2,13,14)(H,15,16,17). The minimum absolute atomic E-state index is 0.0402. The van der Waals surface area contributed by atoms with E-state index in [0.29, 0.717) is 23.5 Å². The Balaban J connectivity index is 2.17. The molecule has 1 atom stereocenters. The van der Waals surface area contributed by atoms with E-state index in [0.717, 1.165) is 12.0 Å². The monoisotopic (exact) mass is 229 g/mol. The summed E-state index contributed by atoms with van der Waals surface area (Å²) in [5.41, 5.74) is 7.53. The van der Waals surface area contributed by atoms with Gasteiger partial charge in [-0.05, 0) is 18.1 Å². The van der Waals surface area contributed by atoms with Gasteiger partial charge < -0.3 is 5.73 Å². The van der Waals surface area contributed by atoms with E-state index in [4.69, 9.17) is 5.73 Å². The highest BCUT2D eigenvalue weighted by Gasteiger charge is 2.33. The maximum atomic E-state index is 11.7. The number of hydrogen-bond acceptors (Lipinski definition) is 4. The van der Waals surface area contributed by atoms with Gasteiger partial charge in [0.05, 0.1) is 11.1 Å². The van der Waals surface area contributed by atoms with Crippen LogP contribution in [0.3, 0.4) is 0 Å². The molecule has 2 aliphatic rings. The molecule has 0 saturated heterocycles. The predicted octanol–water partition coefficient (Wildman–Crippen LogP) is 0.415. The van der Waals surface area contributed by atoms with Gasteiger partial charge in [-0.1, -0.05) is 12.1 Å². The molecular formula is C12H11N3O2. The third-order valence-corrected chi connectivity index (χ3v) is 3.24. The number of aliphatic imine (C=N–C) groups is 1. The van der Waals surface area contributed by atoms with Gasteiger partial charge in [-0.2, -0.15) is 0 Å². The summed E-state index contributed by atoms with van der Waals surface area (Å²) in [7, 11) is 0. The zero-order valence-electron chi connectivity index (χ0n) is 9.06. The highest BCUT2D eigenvalue weighted by Crippen LogP contribution is 2.31. The molecule has 86 valence electrons. The Labute approximate surface area is 97.7 Å². The molecule has 2 amide bonds.